The van der Waals surface area contributed by atoms with Crippen molar-refractivity contribution in [3.8, 4) is 0 Å². The minimum atomic E-state index is -0.179. The van der Waals surface area contributed by atoms with Crippen LogP contribution in [0.3, 0.4) is 0 Å². The average Bonchev–Trinajstić information content (AvgIpc) is 3.02. The van der Waals surface area contributed by atoms with Gasteiger partial charge in [-0.15, -0.1) is 0 Å². The van der Waals surface area contributed by atoms with Crippen LogP contribution in [0.5, 0.6) is 0 Å². The summed E-state index contributed by atoms with van der Waals surface area (Å²) in [4.78, 5) is 6.51. The smallest absolute Gasteiger partial charge is 0.183 e. The van der Waals surface area contributed by atoms with Crippen molar-refractivity contribution in [1.29, 1.82) is 0 Å². The molecule has 3 rings (SSSR count). The fraction of sp³-hybridized carbons (Fsp3) is 0.333. The Balaban J connectivity index is 1.48. The Morgan fingerprint density at radius 3 is 2.81 bits per heavy atom. The zero-order chi connectivity index (χ0) is 14.5. The fourth-order valence-electron chi connectivity index (χ4n) is 2.38. The number of nitrogens with zero attached hydrogens (tertiary/aromatic N) is 3. The first-order valence-electron chi connectivity index (χ1n) is 6.97. The normalized spacial score (nSPS) is 16.0. The molecular formula is C15H17FN4S. The molecule has 1 aromatic carbocycles. The highest BCUT2D eigenvalue weighted by atomic mass is 32.2. The SMILES string of the molecule is Fc1ccc(C2=CCN(CCSc3ncn[nH]3)CC2)cc1. The van der Waals surface area contributed by atoms with E-state index in [1.165, 1.54) is 24.0 Å². The summed E-state index contributed by atoms with van der Waals surface area (Å²) in [5.41, 5.74) is 2.45. The Morgan fingerprint density at radius 2 is 2.14 bits per heavy atom. The lowest BCUT2D eigenvalue weighted by atomic mass is 9.99. The van der Waals surface area contributed by atoms with Crippen molar-refractivity contribution in [2.75, 3.05) is 25.4 Å². The van der Waals surface area contributed by atoms with Crippen LogP contribution < -0.4 is 0 Å². The predicted octanol–water partition coefficient (Wildman–Crippen LogP) is 2.83. The maximum absolute atomic E-state index is 12.9. The molecule has 1 aliphatic rings. The van der Waals surface area contributed by atoms with Crippen LogP contribution in [0.25, 0.3) is 5.57 Å². The Morgan fingerprint density at radius 1 is 1.29 bits per heavy atom. The van der Waals surface area contributed by atoms with E-state index in [2.05, 4.69) is 26.2 Å². The zero-order valence-electron chi connectivity index (χ0n) is 11.6. The van der Waals surface area contributed by atoms with Gasteiger partial charge in [-0.25, -0.2) is 9.37 Å². The van der Waals surface area contributed by atoms with E-state index in [1.54, 1.807) is 11.8 Å². The molecule has 1 aliphatic heterocycles. The van der Waals surface area contributed by atoms with Gasteiger partial charge in [0.05, 0.1) is 0 Å². The standard InChI is InChI=1S/C15H17FN4S/c16-14-3-1-12(2-4-14)13-5-7-20(8-6-13)9-10-21-15-17-11-18-19-15/h1-5,11H,6-10H2,(H,17,18,19). The fourth-order valence-corrected chi connectivity index (χ4v) is 3.16. The first kappa shape index (κ1) is 14.3. The number of hydrogen-bond donors (Lipinski definition) is 1. The third-order valence-corrected chi connectivity index (χ3v) is 4.40. The molecule has 1 N–H and O–H groups in total. The molecule has 21 heavy (non-hydrogen) atoms. The molecule has 0 fully saturated rings. The molecule has 2 heterocycles. The summed E-state index contributed by atoms with van der Waals surface area (Å²) in [5.74, 6) is 0.816. The summed E-state index contributed by atoms with van der Waals surface area (Å²) in [7, 11) is 0. The van der Waals surface area contributed by atoms with Crippen LogP contribution in [0.4, 0.5) is 4.39 Å². The Labute approximate surface area is 127 Å². The number of nitrogens with one attached hydrogen (secondary N) is 1. The van der Waals surface area contributed by atoms with E-state index in [9.17, 15) is 4.39 Å². The van der Waals surface area contributed by atoms with Crippen LogP contribution in [0, 0.1) is 5.82 Å². The molecule has 0 saturated heterocycles. The summed E-state index contributed by atoms with van der Waals surface area (Å²) in [6.07, 6.45) is 4.79. The number of aromatic nitrogens is 3. The van der Waals surface area contributed by atoms with E-state index in [4.69, 9.17) is 0 Å². The van der Waals surface area contributed by atoms with Gasteiger partial charge >= 0.3 is 0 Å². The number of hydrogen-bond acceptors (Lipinski definition) is 4. The molecule has 4 nitrogen and oxygen atoms in total. The van der Waals surface area contributed by atoms with E-state index in [0.717, 1.165) is 42.5 Å². The Hall–Kier alpha value is -1.66. The van der Waals surface area contributed by atoms with Crippen LogP contribution >= 0.6 is 11.8 Å². The van der Waals surface area contributed by atoms with Crippen LogP contribution in [0.15, 0.2) is 41.8 Å². The molecule has 0 unspecified atom stereocenters. The van der Waals surface area contributed by atoms with Gasteiger partial charge in [0.25, 0.3) is 0 Å². The monoisotopic (exact) mass is 304 g/mol. The van der Waals surface area contributed by atoms with Gasteiger partial charge in [0, 0.05) is 25.4 Å². The van der Waals surface area contributed by atoms with E-state index in [-0.39, 0.29) is 5.82 Å². The minimum Gasteiger partial charge on any atom is -0.299 e. The molecule has 6 heteroatoms. The third-order valence-electron chi connectivity index (χ3n) is 3.55. The molecule has 1 aromatic heterocycles. The highest BCUT2D eigenvalue weighted by molar-refractivity contribution is 7.99. The molecular weight excluding hydrogens is 287 g/mol. The first-order valence-corrected chi connectivity index (χ1v) is 7.95. The molecule has 2 aromatic rings. The topological polar surface area (TPSA) is 44.8 Å². The van der Waals surface area contributed by atoms with E-state index < -0.39 is 0 Å². The molecule has 110 valence electrons. The van der Waals surface area contributed by atoms with E-state index >= 15 is 0 Å². The molecule has 0 spiro atoms. The van der Waals surface area contributed by atoms with Gasteiger partial charge < -0.3 is 0 Å². The summed E-state index contributed by atoms with van der Waals surface area (Å²) in [6, 6.07) is 6.76. The first-order chi connectivity index (χ1) is 10.3. The Bertz CT molecular complexity index is 595. The van der Waals surface area contributed by atoms with Crippen LogP contribution in [-0.4, -0.2) is 45.5 Å². The number of thioether (sulfide) groups is 1. The summed E-state index contributed by atoms with van der Waals surface area (Å²) in [6.45, 7) is 3.02. The number of aromatic amines is 1. The lowest BCUT2D eigenvalue weighted by Crippen LogP contribution is -2.30. The lowest BCUT2D eigenvalue weighted by Gasteiger charge is -2.26. The van der Waals surface area contributed by atoms with Crippen molar-refractivity contribution in [2.24, 2.45) is 0 Å². The second-order valence-corrected chi connectivity index (χ2v) is 6.01. The maximum atomic E-state index is 12.9. The van der Waals surface area contributed by atoms with Crippen LogP contribution in [-0.2, 0) is 0 Å². The number of halogens is 1. The zero-order valence-corrected chi connectivity index (χ0v) is 12.4. The lowest BCUT2D eigenvalue weighted by molar-refractivity contribution is 0.321. The average molecular weight is 304 g/mol. The summed E-state index contributed by atoms with van der Waals surface area (Å²) >= 11 is 1.69. The highest BCUT2D eigenvalue weighted by Gasteiger charge is 2.13. The molecule has 0 aliphatic carbocycles. The number of H-pyrrole nitrogens is 1. The highest BCUT2D eigenvalue weighted by Crippen LogP contribution is 2.23. The number of rotatable bonds is 5. The van der Waals surface area contributed by atoms with Crippen molar-refractivity contribution >= 4 is 17.3 Å². The largest absolute Gasteiger partial charge is 0.299 e. The summed E-state index contributed by atoms with van der Waals surface area (Å²) < 4.78 is 12.9. The van der Waals surface area contributed by atoms with Gasteiger partial charge in [0.15, 0.2) is 5.16 Å². The molecule has 0 bridgehead atoms. The second kappa shape index (κ2) is 6.87. The van der Waals surface area contributed by atoms with Crippen molar-refractivity contribution in [3.63, 3.8) is 0 Å². The molecule has 0 saturated carbocycles. The predicted molar refractivity (Wildman–Crippen MR) is 82.5 cm³/mol. The second-order valence-electron chi connectivity index (χ2n) is 4.93. The summed E-state index contributed by atoms with van der Waals surface area (Å²) in [5, 5.41) is 7.55. The third kappa shape index (κ3) is 3.92. The van der Waals surface area contributed by atoms with Gasteiger partial charge in [-0.05, 0) is 29.7 Å². The van der Waals surface area contributed by atoms with E-state index in [1.807, 2.05) is 12.1 Å². The van der Waals surface area contributed by atoms with Gasteiger partial charge in [0.1, 0.15) is 12.1 Å². The van der Waals surface area contributed by atoms with Crippen LogP contribution in [0.2, 0.25) is 0 Å². The van der Waals surface area contributed by atoms with Crippen molar-refractivity contribution in [1.82, 2.24) is 20.1 Å². The van der Waals surface area contributed by atoms with E-state index in [0.29, 0.717) is 0 Å². The molecule has 0 radical (unpaired) electrons. The van der Waals surface area contributed by atoms with Gasteiger partial charge in [-0.1, -0.05) is 30.0 Å². The Kier molecular flexibility index (Phi) is 4.67. The number of benzene rings is 1. The van der Waals surface area contributed by atoms with Gasteiger partial charge in [-0.3, -0.25) is 10.00 Å². The van der Waals surface area contributed by atoms with Gasteiger partial charge in [-0.2, -0.15) is 5.10 Å². The van der Waals surface area contributed by atoms with Crippen LogP contribution in [0.1, 0.15) is 12.0 Å². The van der Waals surface area contributed by atoms with Crippen molar-refractivity contribution in [3.05, 3.63) is 48.0 Å². The molecule has 0 amide bonds. The quantitative estimate of drug-likeness (QED) is 0.863. The van der Waals surface area contributed by atoms with Gasteiger partial charge in [0.2, 0.25) is 0 Å². The van der Waals surface area contributed by atoms with Crippen molar-refractivity contribution < 1.29 is 4.39 Å². The molecule has 0 atom stereocenters. The van der Waals surface area contributed by atoms with Crippen molar-refractivity contribution in [2.45, 2.75) is 11.6 Å². The minimum absolute atomic E-state index is 0.179. The maximum Gasteiger partial charge on any atom is 0.183 e.